The molecule has 0 aliphatic heterocycles. The van der Waals surface area contributed by atoms with E-state index in [1.807, 2.05) is 0 Å². The van der Waals surface area contributed by atoms with Crippen molar-refractivity contribution >= 4 is 42.9 Å². The van der Waals surface area contributed by atoms with Gasteiger partial charge in [-0.1, -0.05) is 36.0 Å². The number of sulfone groups is 2. The summed E-state index contributed by atoms with van der Waals surface area (Å²) in [5.41, 5.74) is 1.66. The molecule has 4 atom stereocenters. The van der Waals surface area contributed by atoms with Crippen LogP contribution in [0, 0.1) is 0 Å². The first-order chi connectivity index (χ1) is 33.6. The Labute approximate surface area is 415 Å². The number of hydrogen-bond acceptors (Lipinski definition) is 20. The molecule has 376 valence electrons. The summed E-state index contributed by atoms with van der Waals surface area (Å²) in [7, 11) is 1.18. The van der Waals surface area contributed by atoms with Gasteiger partial charge in [-0.3, -0.25) is 19.1 Å². The normalized spacial score (nSPS) is 15.9. The topological polar surface area (TPSA) is 262 Å². The molecule has 2 fully saturated rings. The average Bonchev–Trinajstić information content (AvgIpc) is 3.90. The molecule has 0 radical (unpaired) electrons. The van der Waals surface area contributed by atoms with Crippen molar-refractivity contribution < 1.29 is 45.3 Å². The number of hydrogen-bond donors (Lipinski definition) is 0. The van der Waals surface area contributed by atoms with Crippen molar-refractivity contribution in [2.75, 3.05) is 42.7 Å². The maximum absolute atomic E-state index is 13.6. The molecule has 6 aromatic rings. The third-order valence-electron chi connectivity index (χ3n) is 12.4. The first-order valence-electron chi connectivity index (χ1n) is 22.1. The fraction of sp³-hybridized carbons (Fsp3) is 0.500. The minimum absolute atomic E-state index is 0.135. The van der Waals surface area contributed by atoms with Crippen LogP contribution in [-0.2, 0) is 40.7 Å². The van der Waals surface area contributed by atoms with Gasteiger partial charge in [0.2, 0.25) is 23.5 Å². The number of rotatable bonds is 20. The molecule has 2 aliphatic rings. The van der Waals surface area contributed by atoms with Crippen LogP contribution in [0.4, 0.5) is 0 Å². The van der Waals surface area contributed by atoms with Crippen molar-refractivity contribution in [3.63, 3.8) is 0 Å². The molecule has 8 rings (SSSR count). The lowest BCUT2D eigenvalue weighted by atomic mass is 9.85. The summed E-state index contributed by atoms with van der Waals surface area (Å²) in [6.07, 6.45) is 9.76. The first kappa shape index (κ1) is 52.2. The number of ether oxygens (including phenoxy) is 6. The minimum Gasteiger partial charge on any atom is -0.479 e. The number of methoxy groups -OCH3 is 6. The van der Waals surface area contributed by atoms with E-state index in [0.29, 0.717) is 44.5 Å². The maximum atomic E-state index is 13.6. The van der Waals surface area contributed by atoms with Crippen molar-refractivity contribution in [2.24, 2.45) is 0 Å². The van der Waals surface area contributed by atoms with Gasteiger partial charge in [-0.15, -0.1) is 20.4 Å². The van der Waals surface area contributed by atoms with E-state index in [4.69, 9.17) is 51.6 Å². The van der Waals surface area contributed by atoms with Crippen molar-refractivity contribution in [1.29, 1.82) is 0 Å². The van der Waals surface area contributed by atoms with Crippen LogP contribution in [0.3, 0.4) is 0 Å². The summed E-state index contributed by atoms with van der Waals surface area (Å²) >= 11 is 11.9. The van der Waals surface area contributed by atoms with Gasteiger partial charge in [-0.2, -0.15) is 19.9 Å². The van der Waals surface area contributed by atoms with Gasteiger partial charge >= 0.3 is 0 Å². The summed E-state index contributed by atoms with van der Waals surface area (Å²) in [6.45, 7) is 3.17. The summed E-state index contributed by atoms with van der Waals surface area (Å²) in [5.74, 6) is 2.05. The molecule has 70 heavy (non-hydrogen) atoms. The zero-order valence-corrected chi connectivity index (χ0v) is 42.9. The molecular weight excluding hydrogens is 992 g/mol. The Morgan fingerprint density at radius 2 is 0.886 bits per heavy atom. The van der Waals surface area contributed by atoms with Crippen LogP contribution in [0.15, 0.2) is 49.3 Å². The standard InChI is InChI=1S/2C22H27ClN6O5S/c2*1-13(19(32-2)16-9-8-15(23)10-24-16)35(30,31)11-17-27-28-20(14-6-5-7-14)29(17)18-21(33-3)25-12-26-22(18)34-4/h2*8-10,12-14,19H,5-7,11H2,1-4H3/t2*13-,19-/m10/s1. The molecule has 0 bridgehead atoms. The van der Waals surface area contributed by atoms with Crippen LogP contribution >= 0.6 is 23.2 Å². The lowest BCUT2D eigenvalue weighted by molar-refractivity contribution is 0.0986. The lowest BCUT2D eigenvalue weighted by Crippen LogP contribution is -2.29. The van der Waals surface area contributed by atoms with E-state index in [1.165, 1.54) is 67.7 Å². The van der Waals surface area contributed by atoms with Crippen LogP contribution in [0.1, 0.15) is 111 Å². The van der Waals surface area contributed by atoms with Gasteiger partial charge in [0.05, 0.1) is 60.4 Å². The molecule has 2 saturated carbocycles. The summed E-state index contributed by atoms with van der Waals surface area (Å²) < 4.78 is 90.6. The SMILES string of the molecule is COc1ncnc(OC)c1-n1c(CS(=O)(=O)[C@@H](C)[C@H](OC)c2ccc(Cl)cn2)nnc1C1CCC1.COc1ncnc(OC)c1-n1c(CS(=O)(=O)[C@H](C)[C@@H](OC)c2ccc(Cl)cn2)nnc1C1CCC1. The highest BCUT2D eigenvalue weighted by Gasteiger charge is 2.38. The Morgan fingerprint density at radius 1 is 0.543 bits per heavy atom. The molecule has 26 heteroatoms. The van der Waals surface area contributed by atoms with Crippen LogP contribution in [0.5, 0.6) is 23.5 Å². The highest BCUT2D eigenvalue weighted by molar-refractivity contribution is 7.91. The molecule has 6 aromatic heterocycles. The summed E-state index contributed by atoms with van der Waals surface area (Å²) in [5, 5.41) is 16.3. The van der Waals surface area contributed by atoms with Crippen LogP contribution < -0.4 is 18.9 Å². The number of aromatic nitrogens is 12. The van der Waals surface area contributed by atoms with E-state index in [-0.39, 0.29) is 47.0 Å². The largest absolute Gasteiger partial charge is 0.479 e. The molecule has 0 amide bonds. The molecule has 0 aromatic carbocycles. The second-order valence-electron chi connectivity index (χ2n) is 16.5. The van der Waals surface area contributed by atoms with Crippen molar-refractivity contribution in [1.82, 2.24) is 59.4 Å². The van der Waals surface area contributed by atoms with E-state index >= 15 is 0 Å². The zero-order valence-electron chi connectivity index (χ0n) is 39.8. The molecule has 6 heterocycles. The van der Waals surface area contributed by atoms with Gasteiger partial charge in [0.25, 0.3) is 0 Å². The van der Waals surface area contributed by atoms with Crippen molar-refractivity contribution in [3.05, 3.63) is 94.0 Å². The zero-order chi connectivity index (χ0) is 50.3. The molecule has 0 unspecified atom stereocenters. The predicted molar refractivity (Wildman–Crippen MR) is 255 cm³/mol. The van der Waals surface area contributed by atoms with Gasteiger partial charge in [-0.05, 0) is 63.8 Å². The van der Waals surface area contributed by atoms with Gasteiger partial charge < -0.3 is 28.4 Å². The van der Waals surface area contributed by atoms with Gasteiger partial charge in [0, 0.05) is 38.4 Å². The maximum Gasteiger partial charge on any atom is 0.245 e. The number of halogens is 2. The van der Waals surface area contributed by atoms with Crippen molar-refractivity contribution in [3.8, 4) is 34.9 Å². The molecular formula is C44H54Cl2N12O10S2. The first-order valence-corrected chi connectivity index (χ1v) is 26.3. The Balaban J connectivity index is 0.000000206. The fourth-order valence-electron chi connectivity index (χ4n) is 8.09. The fourth-order valence-corrected chi connectivity index (χ4v) is 11.2. The molecule has 22 nitrogen and oxygen atoms in total. The van der Waals surface area contributed by atoms with E-state index in [2.05, 4.69) is 50.3 Å². The minimum atomic E-state index is -3.80. The van der Waals surface area contributed by atoms with E-state index in [9.17, 15) is 16.8 Å². The quantitative estimate of drug-likeness (QED) is 0.0828. The Hall–Kier alpha value is -5.66. The van der Waals surface area contributed by atoms with Gasteiger partial charge in [-0.25, -0.2) is 16.8 Å². The highest BCUT2D eigenvalue weighted by atomic mass is 35.5. The van der Waals surface area contributed by atoms with Gasteiger partial charge in [0.15, 0.2) is 42.7 Å². The molecule has 2 aliphatic carbocycles. The average molecular weight is 1050 g/mol. The van der Waals surface area contributed by atoms with E-state index < -0.39 is 53.9 Å². The Bertz CT molecular complexity index is 2710. The van der Waals surface area contributed by atoms with Crippen LogP contribution in [0.2, 0.25) is 10.0 Å². The Kier molecular flexibility index (Phi) is 16.9. The van der Waals surface area contributed by atoms with Crippen LogP contribution in [0.25, 0.3) is 11.4 Å². The molecule has 0 N–H and O–H groups in total. The van der Waals surface area contributed by atoms with E-state index in [0.717, 1.165) is 38.5 Å². The number of nitrogens with zero attached hydrogens (tertiary/aromatic N) is 12. The second kappa shape index (κ2) is 22.6. The second-order valence-corrected chi connectivity index (χ2v) is 22.1. The van der Waals surface area contributed by atoms with Crippen LogP contribution in [-0.4, -0.2) is 129 Å². The summed E-state index contributed by atoms with van der Waals surface area (Å²) in [6, 6.07) is 6.59. The lowest BCUT2D eigenvalue weighted by Gasteiger charge is -2.26. The Morgan fingerprint density at radius 3 is 1.14 bits per heavy atom. The molecule has 0 saturated heterocycles. The third-order valence-corrected chi connectivity index (χ3v) is 16.9. The van der Waals surface area contributed by atoms with Gasteiger partial charge in [0.1, 0.15) is 48.0 Å². The summed E-state index contributed by atoms with van der Waals surface area (Å²) in [4.78, 5) is 25.2. The third kappa shape index (κ3) is 11.0. The highest BCUT2D eigenvalue weighted by Crippen LogP contribution is 2.42. The smallest absolute Gasteiger partial charge is 0.245 e. The monoisotopic (exact) mass is 1040 g/mol. The van der Waals surface area contributed by atoms with E-state index in [1.54, 1.807) is 47.2 Å². The predicted octanol–water partition coefficient (Wildman–Crippen LogP) is 6.16. The number of pyridine rings is 2. The van der Waals surface area contributed by atoms with Crippen molar-refractivity contribution in [2.45, 2.75) is 98.4 Å². The molecule has 0 spiro atoms.